The molecule has 0 heterocycles. The first kappa shape index (κ1) is 28.9. The Hall–Kier alpha value is -1.13. The van der Waals surface area contributed by atoms with Crippen LogP contribution in [-0.4, -0.2) is 29.8 Å². The number of allylic oxidation sites excluding steroid dienone is 4. The minimum absolute atomic E-state index is 0.115. The van der Waals surface area contributed by atoms with Crippen molar-refractivity contribution in [2.45, 2.75) is 132 Å². The average molecular weight is 514 g/mol. The quantitative estimate of drug-likeness (QED) is 0.276. The third-order valence-corrected chi connectivity index (χ3v) is 12.4. The zero-order valence-electron chi connectivity index (χ0n) is 25.1. The van der Waals surface area contributed by atoms with E-state index in [-0.39, 0.29) is 23.5 Å². The number of hydrogen-bond donors (Lipinski definition) is 2. The molecule has 4 aliphatic rings. The van der Waals surface area contributed by atoms with Crippen molar-refractivity contribution >= 4 is 5.97 Å². The highest BCUT2D eigenvalue weighted by Gasteiger charge is 2.63. The number of carbonyl (C=O) groups is 1. The van der Waals surface area contributed by atoms with Gasteiger partial charge in [-0.2, -0.15) is 0 Å². The SMILES string of the molecule is CC(C)=CCC[C@@H](C)[C@H]1CC[C@@]2(C)C3=C(CC[C@]12C)[C@@]1(C)CC[C@H](OC(=O)[C@@H](N)CO)C(C)(C)C1CC3. The van der Waals surface area contributed by atoms with Crippen LogP contribution in [0.2, 0.25) is 0 Å². The van der Waals surface area contributed by atoms with Gasteiger partial charge in [0.15, 0.2) is 0 Å². The van der Waals surface area contributed by atoms with Gasteiger partial charge in [0.25, 0.3) is 0 Å². The normalized spacial score (nSPS) is 40.2. The summed E-state index contributed by atoms with van der Waals surface area (Å²) >= 11 is 0. The van der Waals surface area contributed by atoms with Gasteiger partial charge in [-0.1, -0.05) is 64.3 Å². The van der Waals surface area contributed by atoms with Crippen LogP contribution in [0.5, 0.6) is 0 Å². The summed E-state index contributed by atoms with van der Waals surface area (Å²) in [4.78, 5) is 12.5. The average Bonchev–Trinajstić information content (AvgIpc) is 3.11. The van der Waals surface area contributed by atoms with Crippen LogP contribution in [0.3, 0.4) is 0 Å². The highest BCUT2D eigenvalue weighted by molar-refractivity contribution is 5.75. The van der Waals surface area contributed by atoms with E-state index in [2.05, 4.69) is 61.5 Å². The van der Waals surface area contributed by atoms with Crippen LogP contribution in [0.25, 0.3) is 0 Å². The summed E-state index contributed by atoms with van der Waals surface area (Å²) in [6.45, 7) is 19.0. The zero-order chi connectivity index (χ0) is 27.4. The molecule has 4 nitrogen and oxygen atoms in total. The fourth-order valence-electron chi connectivity index (χ4n) is 9.96. The lowest BCUT2D eigenvalue weighted by molar-refractivity contribution is -0.172. The van der Waals surface area contributed by atoms with Crippen LogP contribution < -0.4 is 5.73 Å². The molecule has 4 aliphatic carbocycles. The van der Waals surface area contributed by atoms with Crippen molar-refractivity contribution in [3.05, 3.63) is 22.8 Å². The number of fused-ring (bicyclic) bond motifs is 4. The molecule has 0 aromatic rings. The lowest BCUT2D eigenvalue weighted by atomic mass is 9.43. The second kappa shape index (κ2) is 10.1. The number of ether oxygens (including phenoxy) is 1. The molecule has 3 N–H and O–H groups in total. The Kier molecular flexibility index (Phi) is 7.90. The van der Waals surface area contributed by atoms with Crippen LogP contribution in [-0.2, 0) is 9.53 Å². The molecule has 4 rings (SSSR count). The summed E-state index contributed by atoms with van der Waals surface area (Å²) in [6, 6.07) is -0.944. The summed E-state index contributed by atoms with van der Waals surface area (Å²) in [5.41, 5.74) is 11.6. The first-order chi connectivity index (χ1) is 17.2. The van der Waals surface area contributed by atoms with Crippen LogP contribution >= 0.6 is 0 Å². The van der Waals surface area contributed by atoms with Crippen molar-refractivity contribution in [1.29, 1.82) is 0 Å². The van der Waals surface area contributed by atoms with Crippen molar-refractivity contribution in [3.63, 3.8) is 0 Å². The van der Waals surface area contributed by atoms with E-state index in [1.807, 2.05) is 5.57 Å². The second-order valence-corrected chi connectivity index (χ2v) is 14.8. The lowest BCUT2D eigenvalue weighted by Gasteiger charge is -2.62. The van der Waals surface area contributed by atoms with E-state index in [0.717, 1.165) is 24.7 Å². The highest BCUT2D eigenvalue weighted by Crippen LogP contribution is 2.72. The molecule has 8 atom stereocenters. The fraction of sp³-hybridized carbons (Fsp3) is 0.848. The van der Waals surface area contributed by atoms with Crippen LogP contribution in [0, 0.1) is 39.4 Å². The van der Waals surface area contributed by atoms with Crippen molar-refractivity contribution < 1.29 is 14.6 Å². The predicted octanol–water partition coefficient (Wildman–Crippen LogP) is 7.35. The number of esters is 1. The monoisotopic (exact) mass is 513 g/mol. The summed E-state index contributed by atoms with van der Waals surface area (Å²) in [7, 11) is 0. The van der Waals surface area contributed by atoms with Crippen molar-refractivity contribution in [3.8, 4) is 0 Å². The molecule has 210 valence electrons. The second-order valence-electron chi connectivity index (χ2n) is 14.8. The van der Waals surface area contributed by atoms with E-state index in [9.17, 15) is 9.90 Å². The minimum atomic E-state index is -0.944. The Balaban J connectivity index is 1.59. The van der Waals surface area contributed by atoms with Gasteiger partial charge in [0.2, 0.25) is 0 Å². The zero-order valence-corrected chi connectivity index (χ0v) is 25.1. The van der Waals surface area contributed by atoms with Gasteiger partial charge < -0.3 is 15.6 Å². The number of hydrogen-bond acceptors (Lipinski definition) is 4. The third-order valence-electron chi connectivity index (χ3n) is 12.4. The number of nitrogens with two attached hydrogens (primary N) is 1. The molecular formula is C33H55NO3. The van der Waals surface area contributed by atoms with Gasteiger partial charge in [-0.15, -0.1) is 0 Å². The van der Waals surface area contributed by atoms with Crippen molar-refractivity contribution in [1.82, 2.24) is 0 Å². The van der Waals surface area contributed by atoms with E-state index >= 15 is 0 Å². The molecule has 0 aliphatic heterocycles. The van der Waals surface area contributed by atoms with E-state index < -0.39 is 12.0 Å². The topological polar surface area (TPSA) is 72.5 Å². The highest BCUT2D eigenvalue weighted by atomic mass is 16.5. The van der Waals surface area contributed by atoms with E-state index in [1.54, 1.807) is 5.57 Å². The molecule has 37 heavy (non-hydrogen) atoms. The molecule has 2 saturated carbocycles. The van der Waals surface area contributed by atoms with Crippen LogP contribution in [0.15, 0.2) is 22.8 Å². The predicted molar refractivity (Wildman–Crippen MR) is 152 cm³/mol. The third kappa shape index (κ3) is 4.56. The maximum atomic E-state index is 12.5. The summed E-state index contributed by atoms with van der Waals surface area (Å²) < 4.78 is 5.94. The maximum absolute atomic E-state index is 12.5. The Morgan fingerprint density at radius 1 is 1.05 bits per heavy atom. The Bertz CT molecular complexity index is 945. The van der Waals surface area contributed by atoms with E-state index in [0.29, 0.717) is 16.7 Å². The summed E-state index contributed by atoms with van der Waals surface area (Å²) in [6.07, 6.45) is 14.4. The van der Waals surface area contributed by atoms with Gasteiger partial charge >= 0.3 is 5.97 Å². The van der Waals surface area contributed by atoms with E-state index in [4.69, 9.17) is 10.5 Å². The molecule has 0 saturated heterocycles. The Morgan fingerprint density at radius 2 is 1.76 bits per heavy atom. The molecule has 0 spiro atoms. The van der Waals surface area contributed by atoms with Crippen molar-refractivity contribution in [2.24, 2.45) is 45.1 Å². The number of aliphatic hydroxyl groups excluding tert-OH is 1. The number of aliphatic hydroxyl groups is 1. The maximum Gasteiger partial charge on any atom is 0.325 e. The molecule has 1 unspecified atom stereocenters. The molecule has 0 radical (unpaired) electrons. The van der Waals surface area contributed by atoms with Crippen molar-refractivity contribution in [2.75, 3.05) is 6.61 Å². The largest absolute Gasteiger partial charge is 0.461 e. The minimum Gasteiger partial charge on any atom is -0.461 e. The van der Waals surface area contributed by atoms with Gasteiger partial charge in [-0.3, -0.25) is 4.79 Å². The lowest BCUT2D eigenvalue weighted by Crippen LogP contribution is -2.56. The molecule has 0 aromatic carbocycles. The molecule has 4 heteroatoms. The summed E-state index contributed by atoms with van der Waals surface area (Å²) in [5.74, 6) is 1.61. The fourth-order valence-corrected chi connectivity index (χ4v) is 9.96. The van der Waals surface area contributed by atoms with E-state index in [1.165, 1.54) is 56.9 Å². The molecular weight excluding hydrogens is 458 g/mol. The smallest absolute Gasteiger partial charge is 0.325 e. The molecule has 2 fully saturated rings. The number of rotatable bonds is 7. The van der Waals surface area contributed by atoms with Gasteiger partial charge in [-0.25, -0.2) is 0 Å². The standard InChI is InChI=1S/C33H55NO3/c1-21(2)10-9-11-22(3)23-14-18-33(8)25-12-13-27-30(4,5)28(37-29(36)26(34)20-35)16-17-31(27,6)24(25)15-19-32(23,33)7/h10,22-23,26-28,35H,9,11-20,34H2,1-8H3/t22-,23-,26+,27?,28+,31-,32-,33+/m1/s1. The molecule has 0 amide bonds. The first-order valence-electron chi connectivity index (χ1n) is 15.2. The first-order valence-corrected chi connectivity index (χ1v) is 15.2. The van der Waals surface area contributed by atoms with Gasteiger partial charge in [-0.05, 0) is 112 Å². The Morgan fingerprint density at radius 3 is 2.41 bits per heavy atom. The van der Waals surface area contributed by atoms with Crippen LogP contribution in [0.1, 0.15) is 120 Å². The van der Waals surface area contributed by atoms with Crippen LogP contribution in [0.4, 0.5) is 0 Å². The van der Waals surface area contributed by atoms with Gasteiger partial charge in [0, 0.05) is 5.41 Å². The molecule has 0 bridgehead atoms. The van der Waals surface area contributed by atoms with Gasteiger partial charge in [0.05, 0.1) is 6.61 Å². The molecule has 0 aromatic heterocycles. The summed E-state index contributed by atoms with van der Waals surface area (Å²) in [5, 5.41) is 9.33. The Labute approximate surface area is 226 Å². The number of carbonyl (C=O) groups excluding carboxylic acids is 1. The van der Waals surface area contributed by atoms with Gasteiger partial charge in [0.1, 0.15) is 12.1 Å².